The lowest BCUT2D eigenvalue weighted by atomic mass is 10.5. The average molecular weight is 190 g/mol. The van der Waals surface area contributed by atoms with Crippen molar-refractivity contribution in [1.82, 2.24) is 0 Å². The number of ether oxygens (including phenoxy) is 3. The van der Waals surface area contributed by atoms with Gasteiger partial charge in [-0.15, -0.1) is 0 Å². The van der Waals surface area contributed by atoms with Crippen LogP contribution in [0, 0.1) is 0 Å². The van der Waals surface area contributed by atoms with Crippen LogP contribution < -0.4 is 0 Å². The maximum atomic E-state index is 10.8. The molecule has 1 unspecified atom stereocenters. The fraction of sp³-hybridized carbons (Fsp3) is 0.750. The normalized spacial score (nSPS) is 12.1. The molecule has 5 nitrogen and oxygen atoms in total. The molecule has 0 aromatic carbocycles. The molecule has 0 aliphatic heterocycles. The van der Waals surface area contributed by atoms with Gasteiger partial charge < -0.3 is 14.2 Å². The standard InChI is InChI=1S/C8H14O5/c1-5(2)11-8(10)13-7(4)12-6(3)9/h5,7H,1-4H3. The monoisotopic (exact) mass is 190 g/mol. The Morgan fingerprint density at radius 3 is 1.92 bits per heavy atom. The third kappa shape index (κ3) is 7.11. The van der Waals surface area contributed by atoms with Gasteiger partial charge in [-0.1, -0.05) is 0 Å². The van der Waals surface area contributed by atoms with Gasteiger partial charge in [-0.3, -0.25) is 4.79 Å². The summed E-state index contributed by atoms with van der Waals surface area (Å²) in [6, 6.07) is 0. The lowest BCUT2D eigenvalue weighted by molar-refractivity contribution is -0.165. The van der Waals surface area contributed by atoms with Crippen molar-refractivity contribution in [3.05, 3.63) is 0 Å². The van der Waals surface area contributed by atoms with Crippen LogP contribution in [0.2, 0.25) is 0 Å². The highest BCUT2D eigenvalue weighted by atomic mass is 16.8. The second-order valence-electron chi connectivity index (χ2n) is 2.71. The van der Waals surface area contributed by atoms with Crippen LogP contribution in [0.25, 0.3) is 0 Å². The Hall–Kier alpha value is -1.26. The summed E-state index contributed by atoms with van der Waals surface area (Å²) in [6.45, 7) is 6.05. The highest BCUT2D eigenvalue weighted by molar-refractivity contribution is 5.66. The van der Waals surface area contributed by atoms with Crippen molar-refractivity contribution in [3.63, 3.8) is 0 Å². The van der Waals surface area contributed by atoms with Crippen molar-refractivity contribution < 1.29 is 23.8 Å². The maximum Gasteiger partial charge on any atom is 0.511 e. The number of rotatable bonds is 3. The Morgan fingerprint density at radius 2 is 1.54 bits per heavy atom. The van der Waals surface area contributed by atoms with Crippen LogP contribution in [0.4, 0.5) is 4.79 Å². The molecule has 0 N–H and O–H groups in total. The number of hydrogen-bond donors (Lipinski definition) is 0. The number of carbonyl (C=O) groups excluding carboxylic acids is 2. The van der Waals surface area contributed by atoms with Crippen molar-refractivity contribution in [2.45, 2.75) is 40.1 Å². The van der Waals surface area contributed by atoms with Gasteiger partial charge in [-0.05, 0) is 13.8 Å². The number of hydrogen-bond acceptors (Lipinski definition) is 5. The first kappa shape index (κ1) is 11.7. The van der Waals surface area contributed by atoms with Gasteiger partial charge in [0.2, 0.25) is 6.29 Å². The quantitative estimate of drug-likeness (QED) is 0.498. The van der Waals surface area contributed by atoms with Gasteiger partial charge in [0.15, 0.2) is 0 Å². The van der Waals surface area contributed by atoms with Crippen LogP contribution in [0.3, 0.4) is 0 Å². The molecule has 0 aromatic heterocycles. The Bertz CT molecular complexity index is 187. The summed E-state index contributed by atoms with van der Waals surface area (Å²) in [7, 11) is 0. The molecule has 1 atom stereocenters. The van der Waals surface area contributed by atoms with E-state index in [0.29, 0.717) is 0 Å². The molecule has 0 heterocycles. The molecule has 0 amide bonds. The lowest BCUT2D eigenvalue weighted by Crippen LogP contribution is -2.22. The molecular formula is C8H14O5. The van der Waals surface area contributed by atoms with Crippen molar-refractivity contribution in [2.24, 2.45) is 0 Å². The molecule has 0 saturated carbocycles. The Kier molecular flexibility index (Phi) is 4.87. The molecule has 0 aromatic rings. The van der Waals surface area contributed by atoms with Crippen molar-refractivity contribution in [3.8, 4) is 0 Å². The van der Waals surface area contributed by atoms with Gasteiger partial charge in [-0.25, -0.2) is 4.79 Å². The highest BCUT2D eigenvalue weighted by Gasteiger charge is 2.13. The van der Waals surface area contributed by atoms with E-state index in [1.807, 2.05) is 0 Å². The number of esters is 1. The van der Waals surface area contributed by atoms with Crippen molar-refractivity contribution in [2.75, 3.05) is 0 Å². The topological polar surface area (TPSA) is 61.8 Å². The van der Waals surface area contributed by atoms with Crippen LogP contribution in [-0.2, 0) is 19.0 Å². The molecule has 0 aliphatic rings. The predicted molar refractivity (Wildman–Crippen MR) is 43.9 cm³/mol. The molecule has 5 heteroatoms. The highest BCUT2D eigenvalue weighted by Crippen LogP contribution is 1.99. The molecule has 0 saturated heterocycles. The molecule has 0 radical (unpaired) electrons. The van der Waals surface area contributed by atoms with Crippen LogP contribution in [0.1, 0.15) is 27.7 Å². The van der Waals surface area contributed by atoms with Crippen molar-refractivity contribution in [1.29, 1.82) is 0 Å². The van der Waals surface area contributed by atoms with E-state index >= 15 is 0 Å². The zero-order chi connectivity index (χ0) is 10.4. The molecular weight excluding hydrogens is 176 g/mol. The Balaban J connectivity index is 3.71. The molecule has 0 rings (SSSR count). The molecule has 0 bridgehead atoms. The van der Waals surface area contributed by atoms with Crippen molar-refractivity contribution >= 4 is 12.1 Å². The van der Waals surface area contributed by atoms with E-state index in [1.165, 1.54) is 13.8 Å². The second kappa shape index (κ2) is 5.40. The largest absolute Gasteiger partial charge is 0.511 e. The third-order valence-electron chi connectivity index (χ3n) is 0.926. The smallest absolute Gasteiger partial charge is 0.431 e. The van der Waals surface area contributed by atoms with Gasteiger partial charge >= 0.3 is 12.1 Å². The van der Waals surface area contributed by atoms with E-state index in [0.717, 1.165) is 0 Å². The van der Waals surface area contributed by atoms with Crippen LogP contribution >= 0.6 is 0 Å². The predicted octanol–water partition coefficient (Wildman–Crippen LogP) is 1.46. The van der Waals surface area contributed by atoms with E-state index < -0.39 is 18.4 Å². The van der Waals surface area contributed by atoms with Gasteiger partial charge in [0.05, 0.1) is 6.10 Å². The summed E-state index contributed by atoms with van der Waals surface area (Å²) < 4.78 is 13.8. The minimum atomic E-state index is -0.913. The summed E-state index contributed by atoms with van der Waals surface area (Å²) in [5, 5.41) is 0. The fourth-order valence-electron chi connectivity index (χ4n) is 0.614. The van der Waals surface area contributed by atoms with Gasteiger partial charge in [0, 0.05) is 13.8 Å². The summed E-state index contributed by atoms with van der Waals surface area (Å²) >= 11 is 0. The first-order chi connectivity index (χ1) is 5.91. The zero-order valence-corrected chi connectivity index (χ0v) is 8.20. The molecule has 0 aliphatic carbocycles. The first-order valence-electron chi connectivity index (χ1n) is 3.96. The molecule has 13 heavy (non-hydrogen) atoms. The minimum Gasteiger partial charge on any atom is -0.431 e. The Labute approximate surface area is 77.0 Å². The molecule has 0 spiro atoms. The third-order valence-corrected chi connectivity index (χ3v) is 0.926. The van der Waals surface area contributed by atoms with Crippen LogP contribution in [-0.4, -0.2) is 24.5 Å². The van der Waals surface area contributed by atoms with Gasteiger partial charge in [0.25, 0.3) is 0 Å². The number of carbonyl (C=O) groups is 2. The van der Waals surface area contributed by atoms with Gasteiger partial charge in [0.1, 0.15) is 0 Å². The van der Waals surface area contributed by atoms with Crippen LogP contribution in [0.15, 0.2) is 0 Å². The second-order valence-corrected chi connectivity index (χ2v) is 2.71. The van der Waals surface area contributed by atoms with E-state index in [2.05, 4.69) is 14.2 Å². The molecule has 76 valence electrons. The van der Waals surface area contributed by atoms with Gasteiger partial charge in [-0.2, -0.15) is 0 Å². The molecule has 0 fully saturated rings. The van der Waals surface area contributed by atoms with Crippen LogP contribution in [0.5, 0.6) is 0 Å². The average Bonchev–Trinajstić information content (AvgIpc) is 1.80. The fourth-order valence-corrected chi connectivity index (χ4v) is 0.614. The summed E-state index contributed by atoms with van der Waals surface area (Å²) in [5.74, 6) is -0.509. The maximum absolute atomic E-state index is 10.8. The summed E-state index contributed by atoms with van der Waals surface area (Å²) in [6.07, 6.45) is -2.01. The van der Waals surface area contributed by atoms with E-state index in [9.17, 15) is 9.59 Å². The summed E-state index contributed by atoms with van der Waals surface area (Å²) in [5.41, 5.74) is 0. The first-order valence-corrected chi connectivity index (χ1v) is 3.96. The zero-order valence-electron chi connectivity index (χ0n) is 8.20. The van der Waals surface area contributed by atoms with E-state index in [-0.39, 0.29) is 6.10 Å². The summed E-state index contributed by atoms with van der Waals surface area (Å²) in [4.78, 5) is 21.2. The lowest BCUT2D eigenvalue weighted by Gasteiger charge is -2.13. The Morgan fingerprint density at radius 1 is 1.00 bits per heavy atom. The van der Waals surface area contributed by atoms with E-state index in [4.69, 9.17) is 0 Å². The SMILES string of the molecule is CC(=O)OC(C)OC(=O)OC(C)C. The minimum absolute atomic E-state index is 0.253. The van der Waals surface area contributed by atoms with E-state index in [1.54, 1.807) is 13.8 Å².